The molecule has 0 aliphatic carbocycles. The highest BCUT2D eigenvalue weighted by molar-refractivity contribution is 7.99. The zero-order valence-electron chi connectivity index (χ0n) is 14.1. The third kappa shape index (κ3) is 4.84. The average Bonchev–Trinajstić information content (AvgIpc) is 3.02. The summed E-state index contributed by atoms with van der Waals surface area (Å²) < 4.78 is 29.7. The van der Waals surface area contributed by atoms with Crippen molar-refractivity contribution in [3.8, 4) is 0 Å². The van der Waals surface area contributed by atoms with Crippen molar-refractivity contribution < 1.29 is 8.42 Å². The third-order valence-electron chi connectivity index (χ3n) is 3.50. The molecule has 1 aromatic carbocycles. The van der Waals surface area contributed by atoms with Crippen LogP contribution in [0.3, 0.4) is 0 Å². The lowest BCUT2D eigenvalue weighted by molar-refractivity contribution is 0.539. The van der Waals surface area contributed by atoms with Crippen LogP contribution in [0.1, 0.15) is 31.3 Å². The summed E-state index contributed by atoms with van der Waals surface area (Å²) >= 11 is 7.25. The van der Waals surface area contributed by atoms with E-state index >= 15 is 0 Å². The number of aromatic nitrogens is 3. The van der Waals surface area contributed by atoms with Gasteiger partial charge in [-0.1, -0.05) is 30.0 Å². The van der Waals surface area contributed by atoms with E-state index in [0.29, 0.717) is 24.0 Å². The second kappa shape index (κ2) is 8.84. The van der Waals surface area contributed by atoms with Gasteiger partial charge in [0.2, 0.25) is 10.0 Å². The Labute approximate surface area is 157 Å². The first kappa shape index (κ1) is 20.0. The standard InChI is InChI=1S/C16H21ClN4O2S2/c1-4-10-24-16-19-18-15(21(16)5-2)12(3)20-25(22,23)14-8-6-13(11-17)7-9-14/h4,6-9,12,20H,1,5,10-11H2,2-3H3. The normalized spacial score (nSPS) is 12.9. The van der Waals surface area contributed by atoms with Crippen molar-refractivity contribution in [2.75, 3.05) is 5.75 Å². The van der Waals surface area contributed by atoms with Crippen molar-refractivity contribution in [1.82, 2.24) is 19.5 Å². The van der Waals surface area contributed by atoms with Gasteiger partial charge in [0, 0.05) is 18.2 Å². The predicted octanol–water partition coefficient (Wildman–Crippen LogP) is 3.35. The largest absolute Gasteiger partial charge is 0.305 e. The minimum atomic E-state index is -3.66. The van der Waals surface area contributed by atoms with E-state index in [9.17, 15) is 8.42 Å². The minimum Gasteiger partial charge on any atom is -0.305 e. The summed E-state index contributed by atoms with van der Waals surface area (Å²) in [6.07, 6.45) is 1.79. The van der Waals surface area contributed by atoms with E-state index in [1.807, 2.05) is 11.5 Å². The summed E-state index contributed by atoms with van der Waals surface area (Å²) in [6.45, 7) is 8.06. The van der Waals surface area contributed by atoms with Crippen LogP contribution >= 0.6 is 23.4 Å². The number of hydrogen-bond donors (Lipinski definition) is 1. The number of nitrogens with zero attached hydrogens (tertiary/aromatic N) is 3. The van der Waals surface area contributed by atoms with Gasteiger partial charge in [-0.15, -0.1) is 28.4 Å². The Morgan fingerprint density at radius 1 is 1.36 bits per heavy atom. The Kier molecular flexibility index (Phi) is 7.06. The number of halogens is 1. The lowest BCUT2D eigenvalue weighted by atomic mass is 10.2. The van der Waals surface area contributed by atoms with E-state index in [1.165, 1.54) is 11.8 Å². The molecule has 2 rings (SSSR count). The molecule has 0 aliphatic rings. The molecule has 0 radical (unpaired) electrons. The molecule has 1 atom stereocenters. The lowest BCUT2D eigenvalue weighted by Crippen LogP contribution is -2.29. The molecule has 9 heteroatoms. The van der Waals surface area contributed by atoms with Gasteiger partial charge in [0.05, 0.1) is 10.9 Å². The van der Waals surface area contributed by atoms with Gasteiger partial charge in [0.1, 0.15) is 0 Å². The van der Waals surface area contributed by atoms with Crippen LogP contribution < -0.4 is 4.72 Å². The van der Waals surface area contributed by atoms with Crippen LogP contribution in [0.2, 0.25) is 0 Å². The number of rotatable bonds is 9. The van der Waals surface area contributed by atoms with E-state index in [2.05, 4.69) is 21.5 Å². The lowest BCUT2D eigenvalue weighted by Gasteiger charge is -2.15. The number of hydrogen-bond acceptors (Lipinski definition) is 5. The molecule has 0 amide bonds. The van der Waals surface area contributed by atoms with E-state index in [-0.39, 0.29) is 4.90 Å². The van der Waals surface area contributed by atoms with Crippen molar-refractivity contribution in [3.05, 3.63) is 48.3 Å². The smallest absolute Gasteiger partial charge is 0.241 e. The van der Waals surface area contributed by atoms with Crippen molar-refractivity contribution in [2.45, 2.75) is 42.4 Å². The second-order valence-electron chi connectivity index (χ2n) is 5.31. The molecule has 0 fully saturated rings. The highest BCUT2D eigenvalue weighted by Crippen LogP contribution is 2.22. The SMILES string of the molecule is C=CCSc1nnc(C(C)NS(=O)(=O)c2ccc(CCl)cc2)n1CC. The van der Waals surface area contributed by atoms with Crippen LogP contribution in [0.15, 0.2) is 47.0 Å². The minimum absolute atomic E-state index is 0.192. The summed E-state index contributed by atoms with van der Waals surface area (Å²) in [6, 6.07) is 5.98. The highest BCUT2D eigenvalue weighted by atomic mass is 35.5. The number of alkyl halides is 1. The molecule has 0 spiro atoms. The highest BCUT2D eigenvalue weighted by Gasteiger charge is 2.23. The molecule has 6 nitrogen and oxygen atoms in total. The van der Waals surface area contributed by atoms with Gasteiger partial charge in [0.25, 0.3) is 0 Å². The molecule has 2 aromatic rings. The van der Waals surface area contributed by atoms with Crippen LogP contribution in [0.25, 0.3) is 0 Å². The van der Waals surface area contributed by atoms with Crippen LogP contribution in [0.4, 0.5) is 0 Å². The quantitative estimate of drug-likeness (QED) is 0.396. The van der Waals surface area contributed by atoms with Crippen molar-refractivity contribution in [1.29, 1.82) is 0 Å². The summed E-state index contributed by atoms with van der Waals surface area (Å²) in [5.41, 5.74) is 0.864. The van der Waals surface area contributed by atoms with Gasteiger partial charge in [0.15, 0.2) is 11.0 Å². The molecule has 0 aliphatic heterocycles. The van der Waals surface area contributed by atoms with Gasteiger partial charge in [-0.05, 0) is 31.5 Å². The van der Waals surface area contributed by atoms with Crippen LogP contribution in [-0.2, 0) is 22.4 Å². The maximum absolute atomic E-state index is 12.6. The van der Waals surface area contributed by atoms with Gasteiger partial charge in [-0.25, -0.2) is 13.1 Å². The monoisotopic (exact) mass is 400 g/mol. The molecule has 1 N–H and O–H groups in total. The predicted molar refractivity (Wildman–Crippen MR) is 101 cm³/mol. The fourth-order valence-corrected chi connectivity index (χ4v) is 4.39. The maximum atomic E-state index is 12.6. The molecule has 136 valence electrons. The number of benzene rings is 1. The van der Waals surface area contributed by atoms with Crippen molar-refractivity contribution in [3.63, 3.8) is 0 Å². The molecule has 0 bridgehead atoms. The topological polar surface area (TPSA) is 76.9 Å². The first-order chi connectivity index (χ1) is 11.9. The summed E-state index contributed by atoms with van der Waals surface area (Å²) in [5.74, 6) is 1.63. The first-order valence-corrected chi connectivity index (χ1v) is 10.8. The third-order valence-corrected chi connectivity index (χ3v) is 6.33. The Balaban J connectivity index is 2.21. The maximum Gasteiger partial charge on any atom is 0.241 e. The molecule has 1 unspecified atom stereocenters. The fourth-order valence-electron chi connectivity index (χ4n) is 2.27. The molecular formula is C16H21ClN4O2S2. The molecule has 0 saturated carbocycles. The number of nitrogens with one attached hydrogen (secondary N) is 1. The molecule has 0 saturated heterocycles. The number of thioether (sulfide) groups is 1. The number of sulfonamides is 1. The van der Waals surface area contributed by atoms with Crippen LogP contribution in [0, 0.1) is 0 Å². The Morgan fingerprint density at radius 3 is 2.60 bits per heavy atom. The summed E-state index contributed by atoms with van der Waals surface area (Å²) in [5, 5.41) is 9.05. The average molecular weight is 401 g/mol. The van der Waals surface area contributed by atoms with E-state index in [1.54, 1.807) is 37.3 Å². The van der Waals surface area contributed by atoms with Gasteiger partial charge < -0.3 is 4.57 Å². The van der Waals surface area contributed by atoms with Gasteiger partial charge in [-0.2, -0.15) is 0 Å². The zero-order chi connectivity index (χ0) is 18.4. The first-order valence-electron chi connectivity index (χ1n) is 7.77. The van der Waals surface area contributed by atoms with E-state index in [4.69, 9.17) is 11.6 Å². The Hall–Kier alpha value is -1.35. The van der Waals surface area contributed by atoms with E-state index < -0.39 is 16.1 Å². The Morgan fingerprint density at radius 2 is 2.04 bits per heavy atom. The molecule has 1 aromatic heterocycles. The molecule has 25 heavy (non-hydrogen) atoms. The summed E-state index contributed by atoms with van der Waals surface area (Å²) in [7, 11) is -3.66. The fraction of sp³-hybridized carbons (Fsp3) is 0.375. The second-order valence-corrected chi connectivity index (χ2v) is 8.27. The van der Waals surface area contributed by atoms with Gasteiger partial charge >= 0.3 is 0 Å². The van der Waals surface area contributed by atoms with E-state index in [0.717, 1.165) is 10.7 Å². The van der Waals surface area contributed by atoms with Crippen molar-refractivity contribution >= 4 is 33.4 Å². The van der Waals surface area contributed by atoms with Gasteiger partial charge in [-0.3, -0.25) is 0 Å². The molecule has 1 heterocycles. The van der Waals surface area contributed by atoms with Crippen LogP contribution in [0.5, 0.6) is 0 Å². The summed E-state index contributed by atoms with van der Waals surface area (Å²) in [4.78, 5) is 0.192. The Bertz CT molecular complexity index is 819. The van der Waals surface area contributed by atoms with Crippen LogP contribution in [-0.4, -0.2) is 28.9 Å². The van der Waals surface area contributed by atoms with Crippen molar-refractivity contribution in [2.24, 2.45) is 0 Å². The zero-order valence-corrected chi connectivity index (χ0v) is 16.5. The molecular weight excluding hydrogens is 380 g/mol.